The van der Waals surface area contributed by atoms with E-state index in [1.807, 2.05) is 25.1 Å². The topological polar surface area (TPSA) is 55.1 Å². The molecule has 19 heavy (non-hydrogen) atoms. The van der Waals surface area contributed by atoms with Gasteiger partial charge < -0.3 is 11.1 Å². The van der Waals surface area contributed by atoms with Crippen molar-refractivity contribution in [3.8, 4) is 0 Å². The van der Waals surface area contributed by atoms with Gasteiger partial charge in [0, 0.05) is 0 Å². The highest BCUT2D eigenvalue weighted by atomic mass is 16.2. The standard InChI is InChI=1S/C16H22N2O/c1-16(17,13-9-10-13)15(19)18-14(12-7-8-12)11-5-3-2-4-6-11/h2-6,12-14H,7-10,17H2,1H3,(H,18,19). The zero-order chi connectivity index (χ0) is 13.5. The van der Waals surface area contributed by atoms with Gasteiger partial charge in [-0.05, 0) is 50.0 Å². The lowest BCUT2D eigenvalue weighted by Gasteiger charge is -2.27. The van der Waals surface area contributed by atoms with Gasteiger partial charge in [-0.3, -0.25) is 4.79 Å². The van der Waals surface area contributed by atoms with Crippen molar-refractivity contribution in [2.24, 2.45) is 17.6 Å². The van der Waals surface area contributed by atoms with E-state index >= 15 is 0 Å². The SMILES string of the molecule is CC(N)(C(=O)NC(c1ccccc1)C1CC1)C1CC1. The summed E-state index contributed by atoms with van der Waals surface area (Å²) in [4.78, 5) is 12.4. The fourth-order valence-corrected chi connectivity index (χ4v) is 2.73. The molecular formula is C16H22N2O. The molecule has 1 aromatic carbocycles. The Balaban J connectivity index is 1.73. The Hall–Kier alpha value is -1.35. The Morgan fingerprint density at radius 2 is 1.89 bits per heavy atom. The molecule has 0 spiro atoms. The molecule has 0 radical (unpaired) electrons. The van der Waals surface area contributed by atoms with Crippen LogP contribution in [-0.2, 0) is 4.79 Å². The molecule has 0 saturated heterocycles. The number of amides is 1. The van der Waals surface area contributed by atoms with Crippen LogP contribution < -0.4 is 11.1 Å². The number of carbonyl (C=O) groups excluding carboxylic acids is 1. The zero-order valence-corrected chi connectivity index (χ0v) is 11.4. The van der Waals surface area contributed by atoms with Crippen LogP contribution in [0.2, 0.25) is 0 Å². The van der Waals surface area contributed by atoms with Crippen molar-refractivity contribution in [2.45, 2.75) is 44.2 Å². The monoisotopic (exact) mass is 258 g/mol. The molecule has 0 heterocycles. The normalized spacial score (nSPS) is 23.5. The molecule has 2 aliphatic carbocycles. The highest BCUT2D eigenvalue weighted by Gasteiger charge is 2.45. The Morgan fingerprint density at radius 3 is 2.42 bits per heavy atom. The summed E-state index contributed by atoms with van der Waals surface area (Å²) < 4.78 is 0. The maximum absolute atomic E-state index is 12.4. The third-order valence-corrected chi connectivity index (χ3v) is 4.45. The molecule has 102 valence electrons. The first-order valence-corrected chi connectivity index (χ1v) is 7.24. The molecule has 3 heteroatoms. The molecule has 1 amide bonds. The second-order valence-electron chi connectivity index (χ2n) is 6.26. The largest absolute Gasteiger partial charge is 0.347 e. The van der Waals surface area contributed by atoms with Gasteiger partial charge in [-0.25, -0.2) is 0 Å². The maximum atomic E-state index is 12.4. The smallest absolute Gasteiger partial charge is 0.240 e. The van der Waals surface area contributed by atoms with Gasteiger partial charge >= 0.3 is 0 Å². The fourth-order valence-electron chi connectivity index (χ4n) is 2.73. The lowest BCUT2D eigenvalue weighted by molar-refractivity contribution is -0.127. The van der Waals surface area contributed by atoms with E-state index < -0.39 is 5.54 Å². The minimum absolute atomic E-state index is 0.00996. The average molecular weight is 258 g/mol. The minimum atomic E-state index is -0.706. The molecule has 1 aromatic rings. The molecule has 0 bridgehead atoms. The number of hydrogen-bond acceptors (Lipinski definition) is 2. The highest BCUT2D eigenvalue weighted by Crippen LogP contribution is 2.42. The van der Waals surface area contributed by atoms with E-state index in [4.69, 9.17) is 5.73 Å². The van der Waals surface area contributed by atoms with Crippen LogP contribution in [0.4, 0.5) is 0 Å². The van der Waals surface area contributed by atoms with Crippen LogP contribution in [0.15, 0.2) is 30.3 Å². The first kappa shape index (κ1) is 12.7. The number of benzene rings is 1. The molecule has 3 N–H and O–H groups in total. The number of carbonyl (C=O) groups is 1. The van der Waals surface area contributed by atoms with E-state index in [0.29, 0.717) is 11.8 Å². The van der Waals surface area contributed by atoms with Crippen LogP contribution in [-0.4, -0.2) is 11.4 Å². The van der Waals surface area contributed by atoms with Crippen molar-refractivity contribution < 1.29 is 4.79 Å². The summed E-state index contributed by atoms with van der Waals surface area (Å²) in [6.07, 6.45) is 4.56. The molecular weight excluding hydrogens is 236 g/mol. The van der Waals surface area contributed by atoms with Gasteiger partial charge in [-0.1, -0.05) is 30.3 Å². The van der Waals surface area contributed by atoms with Crippen LogP contribution in [0.3, 0.4) is 0 Å². The summed E-state index contributed by atoms with van der Waals surface area (Å²) >= 11 is 0. The molecule has 0 aromatic heterocycles. The van der Waals surface area contributed by atoms with E-state index in [0.717, 1.165) is 12.8 Å². The number of nitrogens with one attached hydrogen (secondary N) is 1. The minimum Gasteiger partial charge on any atom is -0.347 e. The van der Waals surface area contributed by atoms with E-state index in [1.54, 1.807) is 0 Å². The van der Waals surface area contributed by atoms with Gasteiger partial charge in [0.1, 0.15) is 0 Å². The summed E-state index contributed by atoms with van der Waals surface area (Å²) in [7, 11) is 0. The van der Waals surface area contributed by atoms with Crippen LogP contribution in [0, 0.1) is 11.8 Å². The van der Waals surface area contributed by atoms with E-state index in [2.05, 4.69) is 17.4 Å². The van der Waals surface area contributed by atoms with Gasteiger partial charge in [-0.15, -0.1) is 0 Å². The van der Waals surface area contributed by atoms with Crippen molar-refractivity contribution in [2.75, 3.05) is 0 Å². The van der Waals surface area contributed by atoms with Crippen molar-refractivity contribution in [3.63, 3.8) is 0 Å². The lowest BCUT2D eigenvalue weighted by Crippen LogP contribution is -2.54. The number of hydrogen-bond donors (Lipinski definition) is 2. The van der Waals surface area contributed by atoms with Gasteiger partial charge in [0.2, 0.25) is 5.91 Å². The summed E-state index contributed by atoms with van der Waals surface area (Å²) in [6, 6.07) is 10.4. The Bertz CT molecular complexity index is 461. The molecule has 2 aliphatic rings. The molecule has 0 aliphatic heterocycles. The maximum Gasteiger partial charge on any atom is 0.240 e. The van der Waals surface area contributed by atoms with Crippen LogP contribution in [0.25, 0.3) is 0 Å². The van der Waals surface area contributed by atoms with E-state index in [-0.39, 0.29) is 11.9 Å². The number of rotatable bonds is 5. The summed E-state index contributed by atoms with van der Waals surface area (Å²) in [5.41, 5.74) is 6.69. The second-order valence-corrected chi connectivity index (χ2v) is 6.26. The van der Waals surface area contributed by atoms with Crippen LogP contribution >= 0.6 is 0 Å². The van der Waals surface area contributed by atoms with Crippen molar-refractivity contribution in [1.82, 2.24) is 5.32 Å². The summed E-state index contributed by atoms with van der Waals surface area (Å²) in [5, 5.41) is 3.19. The lowest BCUT2D eigenvalue weighted by atomic mass is 9.94. The highest BCUT2D eigenvalue weighted by molar-refractivity contribution is 5.86. The Morgan fingerprint density at radius 1 is 1.26 bits per heavy atom. The van der Waals surface area contributed by atoms with Crippen LogP contribution in [0.5, 0.6) is 0 Å². The van der Waals surface area contributed by atoms with Crippen molar-refractivity contribution >= 4 is 5.91 Å². The molecule has 3 nitrogen and oxygen atoms in total. The fraction of sp³-hybridized carbons (Fsp3) is 0.562. The van der Waals surface area contributed by atoms with E-state index in [1.165, 1.54) is 18.4 Å². The molecule has 2 fully saturated rings. The predicted octanol–water partition coefficient (Wildman–Crippen LogP) is 2.38. The van der Waals surface area contributed by atoms with Gasteiger partial charge in [0.15, 0.2) is 0 Å². The summed E-state index contributed by atoms with van der Waals surface area (Å²) in [5.74, 6) is 0.959. The Kier molecular flexibility index (Phi) is 3.09. The first-order chi connectivity index (χ1) is 9.09. The predicted molar refractivity (Wildman–Crippen MR) is 75.4 cm³/mol. The van der Waals surface area contributed by atoms with Gasteiger partial charge in [0.05, 0.1) is 11.6 Å². The average Bonchev–Trinajstić information content (AvgIpc) is 3.29. The second kappa shape index (κ2) is 4.64. The third kappa shape index (κ3) is 2.66. The van der Waals surface area contributed by atoms with Crippen molar-refractivity contribution in [1.29, 1.82) is 0 Å². The molecule has 3 rings (SSSR count). The quantitative estimate of drug-likeness (QED) is 0.852. The van der Waals surface area contributed by atoms with E-state index in [9.17, 15) is 4.79 Å². The van der Waals surface area contributed by atoms with Gasteiger partial charge in [-0.2, -0.15) is 0 Å². The molecule has 2 saturated carbocycles. The Labute approximate surface area is 114 Å². The molecule has 2 unspecified atom stereocenters. The number of nitrogens with two attached hydrogens (primary N) is 1. The van der Waals surface area contributed by atoms with Gasteiger partial charge in [0.25, 0.3) is 0 Å². The zero-order valence-electron chi connectivity index (χ0n) is 11.4. The first-order valence-electron chi connectivity index (χ1n) is 7.24. The molecule has 2 atom stereocenters. The van der Waals surface area contributed by atoms with Crippen molar-refractivity contribution in [3.05, 3.63) is 35.9 Å². The summed E-state index contributed by atoms with van der Waals surface area (Å²) in [6.45, 7) is 1.87. The third-order valence-electron chi connectivity index (χ3n) is 4.45. The van der Waals surface area contributed by atoms with Crippen LogP contribution in [0.1, 0.15) is 44.2 Å².